The maximum absolute atomic E-state index is 13.7. The van der Waals surface area contributed by atoms with Gasteiger partial charge in [0.2, 0.25) is 0 Å². The van der Waals surface area contributed by atoms with Crippen molar-refractivity contribution in [2.24, 2.45) is 0 Å². The highest BCUT2D eigenvalue weighted by Gasteiger charge is 2.40. The summed E-state index contributed by atoms with van der Waals surface area (Å²) in [5.74, 6) is -0.397. The standard InChI is InChI=1S/C20H20F3N3O2/c1-11-7-8-13(15(27)9-11)14-10-24-18-16(12-5-3-2-4-6-12)17(20(21,22)23)25-26(18)19(14)28/h7-10,12,25,27H,2-6H2,1H3. The summed E-state index contributed by atoms with van der Waals surface area (Å²) >= 11 is 0. The Balaban J connectivity index is 1.95. The molecule has 0 unspecified atom stereocenters. The summed E-state index contributed by atoms with van der Waals surface area (Å²) in [6.07, 6.45) is 0.656. The molecular weight excluding hydrogens is 371 g/mol. The van der Waals surface area contributed by atoms with Crippen molar-refractivity contribution >= 4 is 5.65 Å². The van der Waals surface area contributed by atoms with Crippen molar-refractivity contribution in [3.63, 3.8) is 0 Å². The van der Waals surface area contributed by atoms with Crippen LogP contribution in [0.2, 0.25) is 0 Å². The molecule has 0 spiro atoms. The molecule has 28 heavy (non-hydrogen) atoms. The Bertz CT molecular complexity index is 1090. The van der Waals surface area contributed by atoms with E-state index in [9.17, 15) is 23.1 Å². The molecule has 2 aromatic heterocycles. The number of aromatic hydroxyl groups is 1. The van der Waals surface area contributed by atoms with Crippen LogP contribution in [0.25, 0.3) is 16.8 Å². The van der Waals surface area contributed by atoms with Gasteiger partial charge >= 0.3 is 6.18 Å². The second kappa shape index (κ2) is 6.68. The van der Waals surface area contributed by atoms with Gasteiger partial charge in [-0.3, -0.25) is 9.89 Å². The lowest BCUT2D eigenvalue weighted by Crippen LogP contribution is -2.18. The van der Waals surface area contributed by atoms with Gasteiger partial charge in [-0.2, -0.15) is 13.2 Å². The van der Waals surface area contributed by atoms with Crippen LogP contribution < -0.4 is 5.56 Å². The lowest BCUT2D eigenvalue weighted by molar-refractivity contribution is -0.142. The number of H-pyrrole nitrogens is 1. The molecule has 5 nitrogen and oxygen atoms in total. The van der Waals surface area contributed by atoms with Gasteiger partial charge in [-0.15, -0.1) is 0 Å². The highest BCUT2D eigenvalue weighted by Crippen LogP contribution is 2.41. The molecule has 0 radical (unpaired) electrons. The van der Waals surface area contributed by atoms with Gasteiger partial charge in [0, 0.05) is 17.3 Å². The Kier molecular flexibility index (Phi) is 4.44. The molecule has 0 aliphatic heterocycles. The topological polar surface area (TPSA) is 70.4 Å². The van der Waals surface area contributed by atoms with E-state index in [1.165, 1.54) is 12.3 Å². The lowest BCUT2D eigenvalue weighted by atomic mass is 9.84. The number of hydrogen-bond donors (Lipinski definition) is 2. The molecule has 8 heteroatoms. The van der Waals surface area contributed by atoms with Crippen molar-refractivity contribution in [1.29, 1.82) is 0 Å². The van der Waals surface area contributed by atoms with Crippen LogP contribution in [-0.4, -0.2) is 19.7 Å². The number of phenolic OH excluding ortho intramolecular Hbond substituents is 1. The zero-order chi connectivity index (χ0) is 20.1. The van der Waals surface area contributed by atoms with Crippen LogP contribution in [0.5, 0.6) is 5.75 Å². The molecule has 0 atom stereocenters. The number of nitrogens with zero attached hydrogens (tertiary/aromatic N) is 2. The predicted octanol–water partition coefficient (Wildman–Crippen LogP) is 4.77. The van der Waals surface area contributed by atoms with Gasteiger partial charge in [0.05, 0.1) is 5.56 Å². The molecule has 0 amide bonds. The van der Waals surface area contributed by atoms with Gasteiger partial charge in [-0.1, -0.05) is 31.4 Å². The number of aryl methyl sites for hydroxylation is 1. The normalized spacial score (nSPS) is 16.0. The largest absolute Gasteiger partial charge is 0.507 e. The van der Waals surface area contributed by atoms with Gasteiger partial charge in [-0.25, -0.2) is 9.50 Å². The first kappa shape index (κ1) is 18.6. The van der Waals surface area contributed by atoms with Crippen molar-refractivity contribution in [1.82, 2.24) is 14.6 Å². The Morgan fingerprint density at radius 2 is 1.89 bits per heavy atom. The first-order chi connectivity index (χ1) is 13.3. The van der Waals surface area contributed by atoms with Crippen LogP contribution in [0, 0.1) is 6.92 Å². The Labute approximate surface area is 158 Å². The third-order valence-corrected chi connectivity index (χ3v) is 5.44. The highest BCUT2D eigenvalue weighted by molar-refractivity contribution is 5.70. The van der Waals surface area contributed by atoms with E-state index >= 15 is 0 Å². The fourth-order valence-electron chi connectivity index (χ4n) is 4.08. The number of benzene rings is 1. The second-order valence-corrected chi connectivity index (χ2v) is 7.39. The number of aromatic amines is 1. The first-order valence-corrected chi connectivity index (χ1v) is 9.28. The monoisotopic (exact) mass is 391 g/mol. The molecule has 148 valence electrons. The Morgan fingerprint density at radius 1 is 1.18 bits per heavy atom. The van der Waals surface area contributed by atoms with Crippen molar-refractivity contribution < 1.29 is 18.3 Å². The van der Waals surface area contributed by atoms with Crippen LogP contribution in [-0.2, 0) is 6.18 Å². The maximum Gasteiger partial charge on any atom is 0.433 e. The lowest BCUT2D eigenvalue weighted by Gasteiger charge is -2.22. The molecule has 1 saturated carbocycles. The average molecular weight is 391 g/mol. The zero-order valence-electron chi connectivity index (χ0n) is 15.3. The van der Waals surface area contributed by atoms with Crippen LogP contribution in [0.3, 0.4) is 0 Å². The van der Waals surface area contributed by atoms with Crippen molar-refractivity contribution in [2.75, 3.05) is 0 Å². The Hall–Kier alpha value is -2.77. The Morgan fingerprint density at radius 3 is 2.54 bits per heavy atom. The molecule has 0 saturated heterocycles. The number of alkyl halides is 3. The molecule has 1 aromatic carbocycles. The van der Waals surface area contributed by atoms with Gasteiger partial charge in [0.1, 0.15) is 11.4 Å². The average Bonchev–Trinajstić information content (AvgIpc) is 3.04. The minimum atomic E-state index is -4.61. The van der Waals surface area contributed by atoms with Crippen LogP contribution >= 0.6 is 0 Å². The van der Waals surface area contributed by atoms with Crippen molar-refractivity contribution in [2.45, 2.75) is 51.1 Å². The van der Waals surface area contributed by atoms with E-state index in [-0.39, 0.29) is 34.0 Å². The summed E-state index contributed by atoms with van der Waals surface area (Å²) in [4.78, 5) is 17.2. The van der Waals surface area contributed by atoms with E-state index in [0.29, 0.717) is 12.8 Å². The van der Waals surface area contributed by atoms with Crippen LogP contribution in [0.4, 0.5) is 13.2 Å². The van der Waals surface area contributed by atoms with E-state index < -0.39 is 17.4 Å². The van der Waals surface area contributed by atoms with Crippen molar-refractivity contribution in [3.8, 4) is 16.9 Å². The number of rotatable bonds is 2. The minimum absolute atomic E-state index is 0.0135. The molecule has 1 fully saturated rings. The van der Waals surface area contributed by atoms with E-state index in [2.05, 4.69) is 10.1 Å². The number of halogens is 3. The van der Waals surface area contributed by atoms with Gasteiger partial charge < -0.3 is 5.11 Å². The fourth-order valence-corrected chi connectivity index (χ4v) is 4.08. The summed E-state index contributed by atoms with van der Waals surface area (Å²) in [6.45, 7) is 1.79. The quantitative estimate of drug-likeness (QED) is 0.661. The minimum Gasteiger partial charge on any atom is -0.507 e. The fraction of sp³-hybridized carbons (Fsp3) is 0.400. The van der Waals surface area contributed by atoms with Crippen LogP contribution in [0.15, 0.2) is 29.2 Å². The number of nitrogens with one attached hydrogen (secondary N) is 1. The van der Waals surface area contributed by atoms with Gasteiger partial charge in [0.25, 0.3) is 5.56 Å². The predicted molar refractivity (Wildman–Crippen MR) is 98.5 cm³/mol. The molecular formula is C20H20F3N3O2. The zero-order valence-corrected chi connectivity index (χ0v) is 15.3. The van der Waals surface area contributed by atoms with E-state index in [4.69, 9.17) is 0 Å². The summed E-state index contributed by atoms with van der Waals surface area (Å²) < 4.78 is 41.9. The SMILES string of the molecule is Cc1ccc(-c2cnc3c(C4CCCCC4)c(C(F)(F)F)[nH]n3c2=O)c(O)c1. The van der Waals surface area contributed by atoms with E-state index in [1.54, 1.807) is 19.1 Å². The van der Waals surface area contributed by atoms with Gasteiger partial charge in [-0.05, 0) is 37.3 Å². The molecule has 0 bridgehead atoms. The maximum atomic E-state index is 13.7. The third-order valence-electron chi connectivity index (χ3n) is 5.44. The highest BCUT2D eigenvalue weighted by atomic mass is 19.4. The first-order valence-electron chi connectivity index (χ1n) is 9.28. The molecule has 3 aromatic rings. The van der Waals surface area contributed by atoms with E-state index in [1.807, 2.05) is 0 Å². The summed E-state index contributed by atoms with van der Waals surface area (Å²) in [6, 6.07) is 4.77. The molecule has 1 aliphatic rings. The summed E-state index contributed by atoms with van der Waals surface area (Å²) in [5, 5.41) is 12.4. The number of fused-ring (bicyclic) bond motifs is 1. The summed E-state index contributed by atoms with van der Waals surface area (Å²) in [7, 11) is 0. The second-order valence-electron chi connectivity index (χ2n) is 7.39. The smallest absolute Gasteiger partial charge is 0.433 e. The van der Waals surface area contributed by atoms with Gasteiger partial charge in [0.15, 0.2) is 5.65 Å². The number of hydrogen-bond acceptors (Lipinski definition) is 3. The van der Waals surface area contributed by atoms with Crippen LogP contribution in [0.1, 0.15) is 54.8 Å². The molecule has 4 rings (SSSR count). The molecule has 1 aliphatic carbocycles. The third kappa shape index (κ3) is 3.06. The number of aromatic nitrogens is 3. The molecule has 2 N–H and O–H groups in total. The van der Waals surface area contributed by atoms with E-state index in [0.717, 1.165) is 29.3 Å². The van der Waals surface area contributed by atoms with Crippen molar-refractivity contribution in [3.05, 3.63) is 51.6 Å². The summed E-state index contributed by atoms with van der Waals surface area (Å²) in [5.41, 5.74) is -0.413. The number of phenols is 1. The molecule has 2 heterocycles.